The molecule has 112 valence electrons. The summed E-state index contributed by atoms with van der Waals surface area (Å²) in [5.74, 6) is 2.71. The molecule has 21 heavy (non-hydrogen) atoms. The molecule has 2 aromatic rings. The molecule has 0 radical (unpaired) electrons. The van der Waals surface area contributed by atoms with Crippen molar-refractivity contribution in [1.29, 1.82) is 0 Å². The van der Waals surface area contributed by atoms with Crippen LogP contribution < -0.4 is 14.4 Å². The number of anilines is 1. The van der Waals surface area contributed by atoms with Crippen LogP contribution in [0.25, 0.3) is 10.8 Å². The average Bonchev–Trinajstić information content (AvgIpc) is 3.01. The topological polar surface area (TPSA) is 54.8 Å². The predicted octanol–water partition coefficient (Wildman–Crippen LogP) is 2.07. The van der Waals surface area contributed by atoms with Gasteiger partial charge in [-0.05, 0) is 30.0 Å². The van der Waals surface area contributed by atoms with Crippen molar-refractivity contribution < 1.29 is 14.6 Å². The Bertz CT molecular complexity index is 645. The van der Waals surface area contributed by atoms with E-state index in [1.165, 1.54) is 0 Å². The third kappa shape index (κ3) is 2.49. The van der Waals surface area contributed by atoms with Gasteiger partial charge in [0.15, 0.2) is 11.5 Å². The van der Waals surface area contributed by atoms with E-state index in [0.29, 0.717) is 11.7 Å². The highest BCUT2D eigenvalue weighted by Crippen LogP contribution is 2.36. The van der Waals surface area contributed by atoms with Crippen molar-refractivity contribution in [2.24, 2.45) is 5.92 Å². The Balaban J connectivity index is 2.07. The van der Waals surface area contributed by atoms with Crippen molar-refractivity contribution in [2.45, 2.75) is 6.42 Å². The minimum Gasteiger partial charge on any atom is -0.493 e. The Morgan fingerprint density at radius 2 is 2.05 bits per heavy atom. The molecule has 1 aromatic carbocycles. The van der Waals surface area contributed by atoms with Crippen LogP contribution in [0.1, 0.15) is 6.42 Å². The van der Waals surface area contributed by atoms with Crippen molar-refractivity contribution in [3.8, 4) is 11.5 Å². The van der Waals surface area contributed by atoms with Gasteiger partial charge in [-0.3, -0.25) is 0 Å². The number of hydrogen-bond acceptors (Lipinski definition) is 5. The molecule has 1 atom stereocenters. The number of rotatable bonds is 4. The third-order valence-corrected chi connectivity index (χ3v) is 4.09. The first-order valence-corrected chi connectivity index (χ1v) is 7.13. The Kier molecular flexibility index (Phi) is 3.84. The van der Waals surface area contributed by atoms with Gasteiger partial charge in [0, 0.05) is 37.2 Å². The van der Waals surface area contributed by atoms with Crippen molar-refractivity contribution in [3.63, 3.8) is 0 Å². The Morgan fingerprint density at radius 3 is 2.71 bits per heavy atom. The second-order valence-electron chi connectivity index (χ2n) is 5.35. The Labute approximate surface area is 124 Å². The molecule has 5 heteroatoms. The Morgan fingerprint density at radius 1 is 1.29 bits per heavy atom. The summed E-state index contributed by atoms with van der Waals surface area (Å²) in [6.45, 7) is 2.00. The molecular formula is C16H20N2O3. The molecule has 1 aromatic heterocycles. The number of benzene rings is 1. The maximum Gasteiger partial charge on any atom is 0.161 e. The number of nitrogens with zero attached hydrogens (tertiary/aromatic N) is 2. The molecule has 0 amide bonds. The van der Waals surface area contributed by atoms with Gasteiger partial charge in [-0.1, -0.05) is 0 Å². The number of aliphatic hydroxyl groups is 1. The number of ether oxygens (including phenoxy) is 2. The fraction of sp³-hybridized carbons (Fsp3) is 0.438. The first kappa shape index (κ1) is 13.9. The van der Waals surface area contributed by atoms with Crippen molar-refractivity contribution >= 4 is 16.6 Å². The molecule has 2 heterocycles. The number of aliphatic hydroxyl groups excluding tert-OH is 1. The molecule has 5 nitrogen and oxygen atoms in total. The van der Waals surface area contributed by atoms with E-state index >= 15 is 0 Å². The zero-order valence-electron chi connectivity index (χ0n) is 12.4. The van der Waals surface area contributed by atoms with Crippen LogP contribution in [-0.4, -0.2) is 44.0 Å². The highest BCUT2D eigenvalue weighted by molar-refractivity contribution is 5.94. The maximum absolute atomic E-state index is 9.31. The fourth-order valence-corrected chi connectivity index (χ4v) is 2.91. The number of pyridine rings is 1. The van der Waals surface area contributed by atoms with Crippen LogP contribution in [0.3, 0.4) is 0 Å². The van der Waals surface area contributed by atoms with Gasteiger partial charge in [-0.2, -0.15) is 0 Å². The molecule has 0 spiro atoms. The molecule has 1 saturated heterocycles. The first-order valence-electron chi connectivity index (χ1n) is 7.13. The number of hydrogen-bond donors (Lipinski definition) is 1. The van der Waals surface area contributed by atoms with Gasteiger partial charge in [0.2, 0.25) is 0 Å². The summed E-state index contributed by atoms with van der Waals surface area (Å²) in [4.78, 5) is 6.77. The summed E-state index contributed by atoms with van der Waals surface area (Å²) in [6.07, 6.45) is 2.82. The van der Waals surface area contributed by atoms with Crippen LogP contribution in [0, 0.1) is 5.92 Å². The second kappa shape index (κ2) is 5.77. The molecule has 0 saturated carbocycles. The van der Waals surface area contributed by atoms with Crippen molar-refractivity contribution in [3.05, 3.63) is 24.4 Å². The summed E-state index contributed by atoms with van der Waals surface area (Å²) in [5, 5.41) is 11.4. The van der Waals surface area contributed by atoms with Crippen LogP contribution in [0.2, 0.25) is 0 Å². The molecule has 0 aliphatic carbocycles. The fourth-order valence-electron chi connectivity index (χ4n) is 2.91. The Hall–Kier alpha value is -2.01. The molecular weight excluding hydrogens is 268 g/mol. The number of aromatic nitrogens is 1. The molecule has 3 rings (SSSR count). The van der Waals surface area contributed by atoms with Gasteiger partial charge in [0.05, 0.1) is 14.2 Å². The first-order chi connectivity index (χ1) is 10.3. The van der Waals surface area contributed by atoms with E-state index in [9.17, 15) is 5.11 Å². The normalized spacial score (nSPS) is 18.2. The minimum absolute atomic E-state index is 0.235. The van der Waals surface area contributed by atoms with Gasteiger partial charge in [-0.15, -0.1) is 0 Å². The average molecular weight is 288 g/mol. The summed E-state index contributed by atoms with van der Waals surface area (Å²) in [7, 11) is 3.27. The summed E-state index contributed by atoms with van der Waals surface area (Å²) >= 11 is 0. The van der Waals surface area contributed by atoms with E-state index in [1.54, 1.807) is 14.2 Å². The monoisotopic (exact) mass is 288 g/mol. The van der Waals surface area contributed by atoms with Crippen LogP contribution in [0.4, 0.5) is 5.82 Å². The SMILES string of the molecule is COc1cc2ccnc(N3CCC(CO)C3)c2cc1OC. The lowest BCUT2D eigenvalue weighted by Crippen LogP contribution is -2.21. The lowest BCUT2D eigenvalue weighted by molar-refractivity contribution is 0.238. The highest BCUT2D eigenvalue weighted by Gasteiger charge is 2.24. The number of fused-ring (bicyclic) bond motifs is 1. The van der Waals surface area contributed by atoms with E-state index in [2.05, 4.69) is 9.88 Å². The minimum atomic E-state index is 0.235. The molecule has 0 bridgehead atoms. The summed E-state index contributed by atoms with van der Waals surface area (Å²) in [5.41, 5.74) is 0. The second-order valence-corrected chi connectivity index (χ2v) is 5.35. The standard InChI is InChI=1S/C16H20N2O3/c1-20-14-7-12-3-5-17-16(13(12)8-15(14)21-2)18-6-4-11(9-18)10-19/h3,5,7-8,11,19H,4,6,9-10H2,1-2H3. The smallest absolute Gasteiger partial charge is 0.161 e. The molecule has 1 unspecified atom stereocenters. The van der Waals surface area contributed by atoms with E-state index < -0.39 is 0 Å². The molecule has 1 N–H and O–H groups in total. The summed E-state index contributed by atoms with van der Waals surface area (Å²) < 4.78 is 10.7. The molecule has 1 fully saturated rings. The zero-order valence-corrected chi connectivity index (χ0v) is 12.4. The van der Waals surface area contributed by atoms with Gasteiger partial charge in [0.25, 0.3) is 0 Å². The van der Waals surface area contributed by atoms with Gasteiger partial charge < -0.3 is 19.5 Å². The lowest BCUT2D eigenvalue weighted by atomic mass is 10.1. The largest absolute Gasteiger partial charge is 0.493 e. The van der Waals surface area contributed by atoms with Crippen molar-refractivity contribution in [1.82, 2.24) is 4.98 Å². The molecule has 1 aliphatic rings. The quantitative estimate of drug-likeness (QED) is 0.933. The third-order valence-electron chi connectivity index (χ3n) is 4.09. The van der Waals surface area contributed by atoms with E-state index in [1.807, 2.05) is 24.4 Å². The maximum atomic E-state index is 9.31. The molecule has 1 aliphatic heterocycles. The van der Waals surface area contributed by atoms with Gasteiger partial charge in [-0.25, -0.2) is 4.98 Å². The predicted molar refractivity (Wildman–Crippen MR) is 82.3 cm³/mol. The van der Waals surface area contributed by atoms with Crippen LogP contribution >= 0.6 is 0 Å². The van der Waals surface area contributed by atoms with Crippen molar-refractivity contribution in [2.75, 3.05) is 38.8 Å². The van der Waals surface area contributed by atoms with E-state index in [-0.39, 0.29) is 6.61 Å². The van der Waals surface area contributed by atoms with E-state index in [4.69, 9.17) is 9.47 Å². The van der Waals surface area contributed by atoms with Crippen LogP contribution in [0.15, 0.2) is 24.4 Å². The van der Waals surface area contributed by atoms with Gasteiger partial charge in [0.1, 0.15) is 5.82 Å². The highest BCUT2D eigenvalue weighted by atomic mass is 16.5. The number of methoxy groups -OCH3 is 2. The summed E-state index contributed by atoms with van der Waals surface area (Å²) in [6, 6.07) is 5.92. The lowest BCUT2D eigenvalue weighted by Gasteiger charge is -2.20. The van der Waals surface area contributed by atoms with Gasteiger partial charge >= 0.3 is 0 Å². The van der Waals surface area contributed by atoms with Crippen LogP contribution in [0.5, 0.6) is 11.5 Å². The zero-order chi connectivity index (χ0) is 14.8. The van der Waals surface area contributed by atoms with Crippen LogP contribution in [-0.2, 0) is 0 Å². The van der Waals surface area contributed by atoms with E-state index in [0.717, 1.165) is 41.9 Å².